The zero-order chi connectivity index (χ0) is 13.0. The fourth-order valence-corrected chi connectivity index (χ4v) is 1.80. The van der Waals surface area contributed by atoms with Gasteiger partial charge in [-0.15, -0.1) is 0 Å². The molecule has 0 aliphatic heterocycles. The first-order chi connectivity index (χ1) is 8.65. The lowest BCUT2D eigenvalue weighted by molar-refractivity contribution is 0.322. The van der Waals surface area contributed by atoms with Gasteiger partial charge < -0.3 is 10.5 Å². The molecule has 2 aromatic carbocycles. The molecule has 0 saturated heterocycles. The first-order valence-electron chi connectivity index (χ1n) is 5.88. The van der Waals surface area contributed by atoms with Gasteiger partial charge in [-0.2, -0.15) is 0 Å². The number of nitrogens with two attached hydrogens (primary N) is 1. The number of hydrogen-bond acceptors (Lipinski definition) is 2. The smallest absolute Gasteiger partial charge is 0.119 e. The van der Waals surface area contributed by atoms with Gasteiger partial charge in [-0.25, -0.2) is 0 Å². The highest BCUT2D eigenvalue weighted by Gasteiger charge is 1.99. The largest absolute Gasteiger partial charge is 0.493 e. The molecule has 2 rings (SSSR count). The second-order valence-corrected chi connectivity index (χ2v) is 4.66. The second-order valence-electron chi connectivity index (χ2n) is 4.25. The van der Waals surface area contributed by atoms with Crippen LogP contribution in [0.1, 0.15) is 11.1 Å². The van der Waals surface area contributed by atoms with Crippen LogP contribution in [-0.2, 0) is 6.42 Å². The summed E-state index contributed by atoms with van der Waals surface area (Å²) < 4.78 is 5.69. The highest BCUT2D eigenvalue weighted by atomic mass is 35.5. The molecule has 0 aromatic heterocycles. The molecule has 0 saturated carbocycles. The van der Waals surface area contributed by atoms with Crippen molar-refractivity contribution in [2.24, 2.45) is 0 Å². The lowest BCUT2D eigenvalue weighted by Crippen LogP contribution is -2.01. The van der Waals surface area contributed by atoms with Crippen LogP contribution in [0.3, 0.4) is 0 Å². The van der Waals surface area contributed by atoms with Crippen LogP contribution in [0.2, 0.25) is 5.02 Å². The van der Waals surface area contributed by atoms with E-state index >= 15 is 0 Å². The number of benzene rings is 2. The molecular weight excluding hydrogens is 246 g/mol. The average Bonchev–Trinajstić information content (AvgIpc) is 2.36. The van der Waals surface area contributed by atoms with E-state index in [1.54, 1.807) is 0 Å². The van der Waals surface area contributed by atoms with Gasteiger partial charge in [0, 0.05) is 17.1 Å². The van der Waals surface area contributed by atoms with Gasteiger partial charge in [-0.3, -0.25) is 0 Å². The Balaban J connectivity index is 1.88. The van der Waals surface area contributed by atoms with Crippen LogP contribution in [-0.4, -0.2) is 6.61 Å². The van der Waals surface area contributed by atoms with Crippen LogP contribution in [0, 0.1) is 6.92 Å². The van der Waals surface area contributed by atoms with Crippen molar-refractivity contribution >= 4 is 17.3 Å². The molecule has 18 heavy (non-hydrogen) atoms. The van der Waals surface area contributed by atoms with Crippen LogP contribution in [0.15, 0.2) is 42.5 Å². The van der Waals surface area contributed by atoms with Crippen molar-refractivity contribution in [2.75, 3.05) is 12.3 Å². The van der Waals surface area contributed by atoms with E-state index in [0.29, 0.717) is 6.61 Å². The highest BCUT2D eigenvalue weighted by molar-refractivity contribution is 6.31. The van der Waals surface area contributed by atoms with Crippen LogP contribution in [0.25, 0.3) is 0 Å². The number of aryl methyl sites for hydroxylation is 1. The summed E-state index contributed by atoms with van der Waals surface area (Å²) in [5.41, 5.74) is 8.67. The van der Waals surface area contributed by atoms with Crippen LogP contribution >= 0.6 is 11.6 Å². The highest BCUT2D eigenvalue weighted by Crippen LogP contribution is 2.21. The van der Waals surface area contributed by atoms with Gasteiger partial charge in [0.2, 0.25) is 0 Å². The van der Waals surface area contributed by atoms with Crippen molar-refractivity contribution in [1.82, 2.24) is 0 Å². The summed E-state index contributed by atoms with van der Waals surface area (Å²) in [5.74, 6) is 0.854. The number of hydrogen-bond donors (Lipinski definition) is 1. The van der Waals surface area contributed by atoms with Gasteiger partial charge in [0.05, 0.1) is 6.61 Å². The predicted octanol–water partition coefficient (Wildman–Crippen LogP) is 3.85. The number of nitrogen functional groups attached to an aromatic ring is 1. The van der Waals surface area contributed by atoms with E-state index < -0.39 is 0 Å². The molecular formula is C15H16ClNO. The molecule has 0 spiro atoms. The molecule has 0 unspecified atom stereocenters. The van der Waals surface area contributed by atoms with Crippen molar-refractivity contribution in [3.8, 4) is 5.75 Å². The third-order valence-corrected chi connectivity index (χ3v) is 3.19. The van der Waals surface area contributed by atoms with Gasteiger partial charge in [0.1, 0.15) is 5.75 Å². The summed E-state index contributed by atoms with van der Waals surface area (Å²) in [6, 6.07) is 13.5. The molecule has 2 N–H and O–H groups in total. The summed E-state index contributed by atoms with van der Waals surface area (Å²) in [5, 5.41) is 0.765. The third kappa shape index (κ3) is 3.41. The van der Waals surface area contributed by atoms with Crippen LogP contribution in [0.4, 0.5) is 5.69 Å². The summed E-state index contributed by atoms with van der Waals surface area (Å²) in [6.45, 7) is 2.61. The summed E-state index contributed by atoms with van der Waals surface area (Å²) >= 11 is 5.96. The zero-order valence-corrected chi connectivity index (χ0v) is 11.1. The molecule has 2 nitrogen and oxygen atoms in total. The number of halogens is 1. The molecule has 0 amide bonds. The van der Waals surface area contributed by atoms with E-state index in [0.717, 1.165) is 28.4 Å². The minimum Gasteiger partial charge on any atom is -0.493 e. The van der Waals surface area contributed by atoms with Crippen molar-refractivity contribution in [1.29, 1.82) is 0 Å². The number of rotatable bonds is 4. The standard InChI is InChI=1S/C15H16ClNO/c1-11-10-14(6-7-15(11)16)18-9-8-12-2-4-13(17)5-3-12/h2-7,10H,8-9,17H2,1H3. The van der Waals surface area contributed by atoms with E-state index in [4.69, 9.17) is 22.1 Å². The maximum Gasteiger partial charge on any atom is 0.119 e. The lowest BCUT2D eigenvalue weighted by Gasteiger charge is -2.08. The van der Waals surface area contributed by atoms with Gasteiger partial charge >= 0.3 is 0 Å². The first kappa shape index (κ1) is 12.8. The summed E-state index contributed by atoms with van der Waals surface area (Å²) in [6.07, 6.45) is 0.863. The van der Waals surface area contributed by atoms with Crippen molar-refractivity contribution in [3.63, 3.8) is 0 Å². The summed E-state index contributed by atoms with van der Waals surface area (Å²) in [7, 11) is 0. The van der Waals surface area contributed by atoms with E-state index in [1.165, 1.54) is 5.56 Å². The predicted molar refractivity (Wildman–Crippen MR) is 76.2 cm³/mol. The Morgan fingerprint density at radius 2 is 1.83 bits per heavy atom. The Kier molecular flexibility index (Phi) is 4.11. The van der Waals surface area contributed by atoms with Gasteiger partial charge in [-0.05, 0) is 48.4 Å². The molecule has 0 aliphatic rings. The van der Waals surface area contributed by atoms with Crippen molar-refractivity contribution < 1.29 is 4.74 Å². The van der Waals surface area contributed by atoms with E-state index in [-0.39, 0.29) is 0 Å². The minimum absolute atomic E-state index is 0.644. The molecule has 3 heteroatoms. The Morgan fingerprint density at radius 3 is 2.50 bits per heavy atom. The van der Waals surface area contributed by atoms with Crippen molar-refractivity contribution in [2.45, 2.75) is 13.3 Å². The van der Waals surface area contributed by atoms with Crippen LogP contribution in [0.5, 0.6) is 5.75 Å². The topological polar surface area (TPSA) is 35.2 Å². The van der Waals surface area contributed by atoms with E-state index in [2.05, 4.69) is 0 Å². The van der Waals surface area contributed by atoms with Crippen LogP contribution < -0.4 is 10.5 Å². The Hall–Kier alpha value is -1.67. The fourth-order valence-electron chi connectivity index (χ4n) is 1.68. The van der Waals surface area contributed by atoms with Gasteiger partial charge in [0.25, 0.3) is 0 Å². The monoisotopic (exact) mass is 261 g/mol. The van der Waals surface area contributed by atoms with Crippen molar-refractivity contribution in [3.05, 3.63) is 58.6 Å². The Morgan fingerprint density at radius 1 is 1.11 bits per heavy atom. The van der Waals surface area contributed by atoms with Gasteiger partial charge in [0.15, 0.2) is 0 Å². The number of anilines is 1. The zero-order valence-electron chi connectivity index (χ0n) is 10.3. The lowest BCUT2D eigenvalue weighted by atomic mass is 10.1. The quantitative estimate of drug-likeness (QED) is 0.849. The molecule has 0 heterocycles. The molecule has 0 radical (unpaired) electrons. The molecule has 0 fully saturated rings. The average molecular weight is 262 g/mol. The third-order valence-electron chi connectivity index (χ3n) is 2.77. The fraction of sp³-hybridized carbons (Fsp3) is 0.200. The number of ether oxygens (including phenoxy) is 1. The Labute approximate surface area is 112 Å². The molecule has 2 aromatic rings. The second kappa shape index (κ2) is 5.78. The first-order valence-corrected chi connectivity index (χ1v) is 6.26. The maximum atomic E-state index is 5.96. The minimum atomic E-state index is 0.644. The molecule has 0 bridgehead atoms. The Bertz CT molecular complexity index is 523. The van der Waals surface area contributed by atoms with Gasteiger partial charge in [-0.1, -0.05) is 23.7 Å². The van der Waals surface area contributed by atoms with E-state index in [9.17, 15) is 0 Å². The molecule has 94 valence electrons. The SMILES string of the molecule is Cc1cc(OCCc2ccc(N)cc2)ccc1Cl. The molecule has 0 aliphatic carbocycles. The summed E-state index contributed by atoms with van der Waals surface area (Å²) in [4.78, 5) is 0. The molecule has 0 atom stereocenters. The normalized spacial score (nSPS) is 10.3. The maximum absolute atomic E-state index is 5.96. The van der Waals surface area contributed by atoms with E-state index in [1.807, 2.05) is 49.4 Å².